The van der Waals surface area contributed by atoms with Crippen molar-refractivity contribution in [3.05, 3.63) is 35.4 Å². The molecular weight excluding hydrogens is 268 g/mol. The Hall–Kier alpha value is -1.43. The van der Waals surface area contributed by atoms with E-state index in [4.69, 9.17) is 4.74 Å². The van der Waals surface area contributed by atoms with Crippen LogP contribution in [-0.4, -0.2) is 55.4 Å². The summed E-state index contributed by atoms with van der Waals surface area (Å²) in [6.45, 7) is 1.94. The molecule has 1 aliphatic heterocycles. The van der Waals surface area contributed by atoms with E-state index in [-0.39, 0.29) is 12.5 Å². The number of nitrogens with zero attached hydrogens (tertiary/aromatic N) is 1. The highest BCUT2D eigenvalue weighted by molar-refractivity contribution is 5.94. The van der Waals surface area contributed by atoms with Gasteiger partial charge < -0.3 is 20.1 Å². The first-order chi connectivity index (χ1) is 10.0. The summed E-state index contributed by atoms with van der Waals surface area (Å²) in [7, 11) is 4.02. The van der Waals surface area contributed by atoms with E-state index < -0.39 is 5.54 Å². The molecule has 1 aliphatic rings. The van der Waals surface area contributed by atoms with Crippen LogP contribution < -0.4 is 5.32 Å². The Kier molecular flexibility index (Phi) is 5.33. The van der Waals surface area contributed by atoms with Crippen molar-refractivity contribution in [1.82, 2.24) is 10.2 Å². The number of rotatable bonds is 5. The van der Waals surface area contributed by atoms with Crippen molar-refractivity contribution < 1.29 is 14.6 Å². The second-order valence-corrected chi connectivity index (χ2v) is 5.94. The largest absolute Gasteiger partial charge is 0.394 e. The molecule has 1 fully saturated rings. The maximum atomic E-state index is 12.3. The van der Waals surface area contributed by atoms with Gasteiger partial charge in [0.15, 0.2) is 0 Å². The lowest BCUT2D eigenvalue weighted by molar-refractivity contribution is 0.0125. The summed E-state index contributed by atoms with van der Waals surface area (Å²) in [4.78, 5) is 14.4. The molecule has 2 rings (SSSR count). The predicted octanol–water partition coefficient (Wildman–Crippen LogP) is 1.02. The average molecular weight is 292 g/mol. The van der Waals surface area contributed by atoms with Crippen molar-refractivity contribution in [1.29, 1.82) is 0 Å². The van der Waals surface area contributed by atoms with Gasteiger partial charge in [-0.15, -0.1) is 0 Å². The van der Waals surface area contributed by atoms with Crippen LogP contribution in [0.1, 0.15) is 28.8 Å². The number of hydrogen-bond acceptors (Lipinski definition) is 4. The monoisotopic (exact) mass is 292 g/mol. The number of amides is 1. The first kappa shape index (κ1) is 15.9. The lowest BCUT2D eigenvalue weighted by Gasteiger charge is -2.36. The zero-order valence-electron chi connectivity index (χ0n) is 12.8. The smallest absolute Gasteiger partial charge is 0.251 e. The molecule has 0 radical (unpaired) electrons. The van der Waals surface area contributed by atoms with Crippen molar-refractivity contribution in [2.45, 2.75) is 24.9 Å². The molecule has 0 bridgehead atoms. The number of aliphatic hydroxyl groups is 1. The zero-order chi connectivity index (χ0) is 15.3. The molecule has 1 amide bonds. The van der Waals surface area contributed by atoms with E-state index >= 15 is 0 Å². The van der Waals surface area contributed by atoms with Crippen LogP contribution in [0, 0.1) is 0 Å². The Balaban J connectivity index is 2.02. The van der Waals surface area contributed by atoms with Gasteiger partial charge in [0.05, 0.1) is 12.1 Å². The number of carbonyl (C=O) groups excluding carboxylic acids is 1. The summed E-state index contributed by atoms with van der Waals surface area (Å²) in [6.07, 6.45) is 1.29. The minimum atomic E-state index is -0.544. The van der Waals surface area contributed by atoms with E-state index in [1.165, 1.54) is 5.56 Å². The summed E-state index contributed by atoms with van der Waals surface area (Å²) in [5.41, 5.74) is 1.24. The minimum absolute atomic E-state index is 0.0547. The zero-order valence-corrected chi connectivity index (χ0v) is 12.8. The second-order valence-electron chi connectivity index (χ2n) is 5.94. The van der Waals surface area contributed by atoms with Gasteiger partial charge in [0.1, 0.15) is 0 Å². The molecular formula is C16H24N2O3. The average Bonchev–Trinajstić information content (AvgIpc) is 2.48. The molecule has 21 heavy (non-hydrogen) atoms. The number of nitrogens with one attached hydrogen (secondary N) is 1. The summed E-state index contributed by atoms with van der Waals surface area (Å²) < 4.78 is 5.30. The van der Waals surface area contributed by atoms with Gasteiger partial charge in [0.25, 0.3) is 5.91 Å². The third kappa shape index (κ3) is 4.27. The quantitative estimate of drug-likeness (QED) is 0.850. The van der Waals surface area contributed by atoms with Crippen molar-refractivity contribution in [3.63, 3.8) is 0 Å². The van der Waals surface area contributed by atoms with Gasteiger partial charge in [-0.2, -0.15) is 0 Å². The van der Waals surface area contributed by atoms with Crippen LogP contribution in [0.4, 0.5) is 0 Å². The maximum absolute atomic E-state index is 12.3. The van der Waals surface area contributed by atoms with E-state index in [0.717, 1.165) is 6.54 Å². The Bertz CT molecular complexity index is 465. The third-order valence-corrected chi connectivity index (χ3v) is 3.85. The highest BCUT2D eigenvalue weighted by Crippen LogP contribution is 2.20. The van der Waals surface area contributed by atoms with Crippen molar-refractivity contribution in [2.24, 2.45) is 0 Å². The molecule has 1 aromatic rings. The number of carbonyl (C=O) groups is 1. The highest BCUT2D eigenvalue weighted by atomic mass is 16.5. The van der Waals surface area contributed by atoms with Crippen LogP contribution in [0.5, 0.6) is 0 Å². The Morgan fingerprint density at radius 3 is 2.43 bits per heavy atom. The molecule has 0 aromatic heterocycles. The van der Waals surface area contributed by atoms with Gasteiger partial charge in [-0.25, -0.2) is 0 Å². The Labute approximate surface area is 125 Å². The van der Waals surface area contributed by atoms with Crippen LogP contribution in [-0.2, 0) is 11.3 Å². The number of aliphatic hydroxyl groups excluding tert-OH is 1. The van der Waals surface area contributed by atoms with Gasteiger partial charge in [0, 0.05) is 25.3 Å². The maximum Gasteiger partial charge on any atom is 0.251 e. The fraction of sp³-hybridized carbons (Fsp3) is 0.562. The normalized spacial score (nSPS) is 17.7. The van der Waals surface area contributed by atoms with Gasteiger partial charge in [0.2, 0.25) is 0 Å². The fourth-order valence-corrected chi connectivity index (χ4v) is 2.52. The molecule has 0 unspecified atom stereocenters. The molecule has 0 aliphatic carbocycles. The van der Waals surface area contributed by atoms with Crippen LogP contribution in [0.25, 0.3) is 0 Å². The van der Waals surface area contributed by atoms with E-state index in [1.54, 1.807) is 0 Å². The number of ether oxygens (including phenoxy) is 1. The van der Waals surface area contributed by atoms with E-state index in [9.17, 15) is 9.90 Å². The van der Waals surface area contributed by atoms with Crippen LogP contribution in [0.2, 0.25) is 0 Å². The molecule has 0 spiro atoms. The standard InChI is InChI=1S/C16H24N2O3/c1-18(2)11-13-3-5-14(6-4-13)15(20)17-16(12-19)7-9-21-10-8-16/h3-6,19H,7-12H2,1-2H3,(H,17,20). The Morgan fingerprint density at radius 1 is 1.29 bits per heavy atom. The molecule has 5 heteroatoms. The van der Waals surface area contributed by atoms with Gasteiger partial charge >= 0.3 is 0 Å². The van der Waals surface area contributed by atoms with Crippen LogP contribution in [0.3, 0.4) is 0 Å². The van der Waals surface area contributed by atoms with Gasteiger partial charge in [-0.05, 0) is 44.6 Å². The molecule has 0 atom stereocenters. The van der Waals surface area contributed by atoms with Crippen molar-refractivity contribution >= 4 is 5.91 Å². The summed E-state index contributed by atoms with van der Waals surface area (Å²) in [5, 5.41) is 12.6. The van der Waals surface area contributed by atoms with Gasteiger partial charge in [-0.3, -0.25) is 4.79 Å². The van der Waals surface area contributed by atoms with E-state index in [2.05, 4.69) is 10.2 Å². The molecule has 116 valence electrons. The molecule has 2 N–H and O–H groups in total. The summed E-state index contributed by atoms with van der Waals surface area (Å²) in [5.74, 6) is -0.137. The third-order valence-electron chi connectivity index (χ3n) is 3.85. The molecule has 1 aromatic carbocycles. The summed E-state index contributed by atoms with van der Waals surface area (Å²) in [6, 6.07) is 7.59. The molecule has 1 heterocycles. The molecule has 0 saturated carbocycles. The summed E-state index contributed by atoms with van der Waals surface area (Å²) >= 11 is 0. The van der Waals surface area contributed by atoms with Crippen LogP contribution in [0.15, 0.2) is 24.3 Å². The Morgan fingerprint density at radius 2 is 1.90 bits per heavy atom. The van der Waals surface area contributed by atoms with E-state index in [1.807, 2.05) is 38.4 Å². The minimum Gasteiger partial charge on any atom is -0.394 e. The lowest BCUT2D eigenvalue weighted by Crippen LogP contribution is -2.54. The second kappa shape index (κ2) is 7.02. The topological polar surface area (TPSA) is 61.8 Å². The van der Waals surface area contributed by atoms with Gasteiger partial charge in [-0.1, -0.05) is 12.1 Å². The first-order valence-electron chi connectivity index (χ1n) is 7.29. The van der Waals surface area contributed by atoms with E-state index in [0.29, 0.717) is 31.6 Å². The number of benzene rings is 1. The first-order valence-corrected chi connectivity index (χ1v) is 7.29. The van der Waals surface area contributed by atoms with Crippen molar-refractivity contribution in [3.8, 4) is 0 Å². The SMILES string of the molecule is CN(C)Cc1ccc(C(=O)NC2(CO)CCOCC2)cc1. The molecule has 5 nitrogen and oxygen atoms in total. The number of hydrogen-bond donors (Lipinski definition) is 2. The predicted molar refractivity (Wildman–Crippen MR) is 81.2 cm³/mol. The van der Waals surface area contributed by atoms with Crippen molar-refractivity contribution in [2.75, 3.05) is 33.9 Å². The van der Waals surface area contributed by atoms with Crippen LogP contribution >= 0.6 is 0 Å². The lowest BCUT2D eigenvalue weighted by atomic mass is 9.90. The molecule has 1 saturated heterocycles. The highest BCUT2D eigenvalue weighted by Gasteiger charge is 2.33. The fourth-order valence-electron chi connectivity index (χ4n) is 2.52.